The van der Waals surface area contributed by atoms with Gasteiger partial charge in [-0.2, -0.15) is 0 Å². The minimum absolute atomic E-state index is 0.623. The Bertz CT molecular complexity index is 265. The summed E-state index contributed by atoms with van der Waals surface area (Å²) in [5.41, 5.74) is 1.73. The first-order valence-corrected chi connectivity index (χ1v) is 3.41. The molecule has 2 heterocycles. The highest BCUT2D eigenvalue weighted by Crippen LogP contribution is 2.15. The summed E-state index contributed by atoms with van der Waals surface area (Å²) in [5.74, 6) is 0. The summed E-state index contributed by atoms with van der Waals surface area (Å²) in [6, 6.07) is 0. The van der Waals surface area contributed by atoms with Crippen LogP contribution in [0.4, 0.5) is 0 Å². The van der Waals surface area contributed by atoms with E-state index in [0.29, 0.717) is 5.69 Å². The molecule has 0 unspecified atom stereocenters. The van der Waals surface area contributed by atoms with Gasteiger partial charge in [0.1, 0.15) is 5.69 Å². The van der Waals surface area contributed by atoms with E-state index < -0.39 is 0 Å². The number of hydrogen-bond donors (Lipinski definition) is 0. The maximum Gasteiger partial charge on any atom is 0.170 e. The number of aryl methyl sites for hydroxylation is 1. The van der Waals surface area contributed by atoms with Crippen LogP contribution in [0.15, 0.2) is 6.33 Å². The lowest BCUT2D eigenvalue weighted by Gasteiger charge is -1.90. The zero-order chi connectivity index (χ0) is 6.97. The number of hydrogen-bond acceptors (Lipinski definition) is 2. The molecule has 1 aliphatic rings. The Balaban J connectivity index is 2.53. The molecule has 2 rings (SSSR count). The van der Waals surface area contributed by atoms with Crippen LogP contribution in [0.1, 0.15) is 22.6 Å². The van der Waals surface area contributed by atoms with Crippen molar-refractivity contribution in [3.63, 3.8) is 0 Å². The number of imidazole rings is 1. The maximum absolute atomic E-state index is 10.4. The van der Waals surface area contributed by atoms with Crippen LogP contribution in [0, 0.1) is 0 Å². The van der Waals surface area contributed by atoms with Gasteiger partial charge < -0.3 is 4.57 Å². The van der Waals surface area contributed by atoms with Gasteiger partial charge >= 0.3 is 0 Å². The lowest BCUT2D eigenvalue weighted by Crippen LogP contribution is -1.90. The van der Waals surface area contributed by atoms with E-state index in [0.717, 1.165) is 31.4 Å². The molecular weight excluding hydrogens is 128 g/mol. The van der Waals surface area contributed by atoms with Gasteiger partial charge in [0.25, 0.3) is 0 Å². The van der Waals surface area contributed by atoms with Crippen molar-refractivity contribution >= 4 is 6.29 Å². The van der Waals surface area contributed by atoms with E-state index in [1.54, 1.807) is 6.33 Å². The van der Waals surface area contributed by atoms with E-state index in [1.165, 1.54) is 0 Å². The van der Waals surface area contributed by atoms with Gasteiger partial charge in [-0.3, -0.25) is 4.79 Å². The van der Waals surface area contributed by atoms with Crippen LogP contribution in [-0.2, 0) is 13.0 Å². The average molecular weight is 136 g/mol. The van der Waals surface area contributed by atoms with Crippen molar-refractivity contribution in [2.45, 2.75) is 19.4 Å². The molecule has 3 heteroatoms. The molecule has 52 valence electrons. The SMILES string of the molecule is O=Cc1ncn2c1CCC2. The predicted molar refractivity (Wildman–Crippen MR) is 35.9 cm³/mol. The average Bonchev–Trinajstić information content (AvgIpc) is 2.44. The molecule has 1 aliphatic heterocycles. The van der Waals surface area contributed by atoms with E-state index in [1.807, 2.05) is 4.57 Å². The Labute approximate surface area is 58.7 Å². The molecule has 1 aromatic heterocycles. The second-order valence-electron chi connectivity index (χ2n) is 2.49. The van der Waals surface area contributed by atoms with Crippen molar-refractivity contribution in [3.8, 4) is 0 Å². The third kappa shape index (κ3) is 0.602. The third-order valence-electron chi connectivity index (χ3n) is 1.90. The van der Waals surface area contributed by atoms with Gasteiger partial charge in [-0.15, -0.1) is 0 Å². The molecule has 0 spiro atoms. The quantitative estimate of drug-likeness (QED) is 0.531. The Morgan fingerprint density at radius 3 is 3.40 bits per heavy atom. The molecule has 0 aromatic carbocycles. The summed E-state index contributed by atoms with van der Waals surface area (Å²) in [6.07, 6.45) is 4.73. The van der Waals surface area contributed by atoms with Crippen LogP contribution in [0.2, 0.25) is 0 Å². The fraction of sp³-hybridized carbons (Fsp3) is 0.429. The zero-order valence-corrected chi connectivity index (χ0v) is 5.58. The minimum Gasteiger partial charge on any atom is -0.334 e. The Kier molecular flexibility index (Phi) is 1.09. The van der Waals surface area contributed by atoms with Gasteiger partial charge in [-0.1, -0.05) is 0 Å². The Hall–Kier alpha value is -1.12. The highest BCUT2D eigenvalue weighted by atomic mass is 16.1. The molecule has 0 N–H and O–H groups in total. The van der Waals surface area contributed by atoms with Crippen LogP contribution < -0.4 is 0 Å². The number of carbonyl (C=O) groups excluding carboxylic acids is 1. The molecule has 0 saturated carbocycles. The van der Waals surface area contributed by atoms with E-state index in [-0.39, 0.29) is 0 Å². The minimum atomic E-state index is 0.623. The number of carbonyl (C=O) groups is 1. The number of nitrogens with zero attached hydrogens (tertiary/aromatic N) is 2. The number of aldehydes is 1. The monoisotopic (exact) mass is 136 g/mol. The molecule has 0 saturated heterocycles. The molecule has 0 amide bonds. The molecule has 0 radical (unpaired) electrons. The van der Waals surface area contributed by atoms with Gasteiger partial charge in [0.2, 0.25) is 0 Å². The maximum atomic E-state index is 10.4. The highest BCUT2D eigenvalue weighted by Gasteiger charge is 2.14. The molecular formula is C7H8N2O. The van der Waals surface area contributed by atoms with Crippen LogP contribution in [-0.4, -0.2) is 15.8 Å². The van der Waals surface area contributed by atoms with Gasteiger partial charge in [-0.05, 0) is 12.8 Å². The fourth-order valence-corrected chi connectivity index (χ4v) is 1.40. The Morgan fingerprint density at radius 1 is 1.70 bits per heavy atom. The number of fused-ring (bicyclic) bond motifs is 1. The van der Waals surface area contributed by atoms with Gasteiger partial charge in [0, 0.05) is 12.2 Å². The first-order chi connectivity index (χ1) is 4.92. The number of aromatic nitrogens is 2. The molecule has 0 atom stereocenters. The first-order valence-electron chi connectivity index (χ1n) is 3.41. The summed E-state index contributed by atoms with van der Waals surface area (Å²) in [4.78, 5) is 14.3. The first kappa shape index (κ1) is 5.65. The van der Waals surface area contributed by atoms with Crippen LogP contribution in [0.3, 0.4) is 0 Å². The molecule has 1 aromatic rings. The van der Waals surface area contributed by atoms with E-state index in [4.69, 9.17) is 0 Å². The molecule has 10 heavy (non-hydrogen) atoms. The summed E-state index contributed by atoms with van der Waals surface area (Å²) < 4.78 is 2.05. The van der Waals surface area contributed by atoms with Crippen molar-refractivity contribution < 1.29 is 4.79 Å². The Morgan fingerprint density at radius 2 is 2.60 bits per heavy atom. The van der Waals surface area contributed by atoms with Crippen molar-refractivity contribution in [1.29, 1.82) is 0 Å². The van der Waals surface area contributed by atoms with Crippen LogP contribution in [0.5, 0.6) is 0 Å². The van der Waals surface area contributed by atoms with E-state index in [2.05, 4.69) is 4.98 Å². The molecule has 0 bridgehead atoms. The highest BCUT2D eigenvalue weighted by molar-refractivity contribution is 5.73. The molecule has 3 nitrogen and oxygen atoms in total. The van der Waals surface area contributed by atoms with Crippen molar-refractivity contribution in [3.05, 3.63) is 17.7 Å². The van der Waals surface area contributed by atoms with E-state index >= 15 is 0 Å². The topological polar surface area (TPSA) is 34.9 Å². The number of rotatable bonds is 1. The van der Waals surface area contributed by atoms with Gasteiger partial charge in [0.05, 0.1) is 6.33 Å². The summed E-state index contributed by atoms with van der Waals surface area (Å²) in [6.45, 7) is 1.02. The van der Waals surface area contributed by atoms with Crippen LogP contribution >= 0.6 is 0 Å². The summed E-state index contributed by atoms with van der Waals surface area (Å²) >= 11 is 0. The van der Waals surface area contributed by atoms with E-state index in [9.17, 15) is 4.79 Å². The lowest BCUT2D eigenvalue weighted by atomic mass is 10.2. The van der Waals surface area contributed by atoms with Gasteiger partial charge in [-0.25, -0.2) is 4.98 Å². The molecule has 0 aliphatic carbocycles. The second-order valence-corrected chi connectivity index (χ2v) is 2.49. The van der Waals surface area contributed by atoms with Gasteiger partial charge in [0.15, 0.2) is 6.29 Å². The lowest BCUT2D eigenvalue weighted by molar-refractivity contribution is 0.111. The molecule has 0 fully saturated rings. The summed E-state index contributed by atoms with van der Waals surface area (Å²) in [7, 11) is 0. The van der Waals surface area contributed by atoms with Crippen molar-refractivity contribution in [1.82, 2.24) is 9.55 Å². The standard InChI is InChI=1S/C7H8N2O/c10-4-6-7-2-1-3-9(7)5-8-6/h4-5H,1-3H2. The van der Waals surface area contributed by atoms with Crippen molar-refractivity contribution in [2.24, 2.45) is 0 Å². The smallest absolute Gasteiger partial charge is 0.170 e. The fourth-order valence-electron chi connectivity index (χ4n) is 1.40. The normalized spacial score (nSPS) is 15.2. The van der Waals surface area contributed by atoms with Crippen LogP contribution in [0.25, 0.3) is 0 Å². The summed E-state index contributed by atoms with van der Waals surface area (Å²) in [5, 5.41) is 0. The second kappa shape index (κ2) is 1.94. The predicted octanol–water partition coefficient (Wildman–Crippen LogP) is 0.642. The third-order valence-corrected chi connectivity index (χ3v) is 1.90. The van der Waals surface area contributed by atoms with Crippen molar-refractivity contribution in [2.75, 3.05) is 0 Å². The zero-order valence-electron chi connectivity index (χ0n) is 5.58. The largest absolute Gasteiger partial charge is 0.334 e.